The molecule has 5 N–H and O–H groups in total. The van der Waals surface area contributed by atoms with Crippen LogP contribution in [0.5, 0.6) is 11.5 Å². The van der Waals surface area contributed by atoms with E-state index >= 15 is 0 Å². The van der Waals surface area contributed by atoms with Gasteiger partial charge >= 0.3 is 11.9 Å². The number of aliphatic imine (C=N–C) groups is 1. The van der Waals surface area contributed by atoms with Crippen LogP contribution in [0.3, 0.4) is 0 Å². The van der Waals surface area contributed by atoms with E-state index in [1.165, 1.54) is 41.7 Å². The van der Waals surface area contributed by atoms with E-state index in [0.29, 0.717) is 17.0 Å². The highest BCUT2D eigenvalue weighted by Gasteiger charge is 2.59. The fraction of sp³-hybridized carbons (Fsp3) is 0.282. The molecule has 3 aliphatic rings. The first-order chi connectivity index (χ1) is 25.8. The van der Waals surface area contributed by atoms with Crippen LogP contribution >= 0.6 is 0 Å². The van der Waals surface area contributed by atoms with E-state index in [-0.39, 0.29) is 40.0 Å². The molecule has 5 atom stereocenters. The number of aliphatic hydroxyl groups excluding tert-OH is 2. The van der Waals surface area contributed by atoms with Gasteiger partial charge in [-0.2, -0.15) is 0 Å². The fourth-order valence-corrected chi connectivity index (χ4v) is 6.77. The Morgan fingerprint density at radius 3 is 2.48 bits per heavy atom. The van der Waals surface area contributed by atoms with Crippen molar-refractivity contribution in [2.24, 2.45) is 4.99 Å². The van der Waals surface area contributed by atoms with Crippen LogP contribution in [0.2, 0.25) is 0 Å². The Morgan fingerprint density at radius 1 is 1.04 bits per heavy atom. The number of phenolic OH excluding ortho intramolecular Hbond substituents is 1. The standard InChI is InChI=1S/C39H36N2O13/c1-20-11-21(2)13-24(12-20)34-33-23(9-10-40-33)16-41(34)54-37-38(53-30(36(48)39(37,49)19-42)18-51-32(46)15-31(44)45)52-26-7-8-27-29(14-26)50-17-28(35(27)47)22-3-5-25(43)6-4-22/h3-14,17,30,36-38,42-43,48-49H,15-16,18-19H2,1-2H3,(H,44,45)/t30-,36-,37+,38-,39+/m0/s1. The average molecular weight is 741 g/mol. The number of hydroxylamine groups is 2. The van der Waals surface area contributed by atoms with Gasteiger partial charge < -0.3 is 44.2 Å². The first-order valence-corrected chi connectivity index (χ1v) is 16.9. The number of ether oxygens (including phenoxy) is 3. The van der Waals surface area contributed by atoms with Gasteiger partial charge in [0.05, 0.1) is 35.5 Å². The van der Waals surface area contributed by atoms with Crippen LogP contribution in [-0.4, -0.2) is 98.7 Å². The Bertz CT molecular complexity index is 2260. The van der Waals surface area contributed by atoms with Crippen molar-refractivity contribution in [3.63, 3.8) is 0 Å². The molecule has 7 rings (SSSR count). The Labute approximate surface area is 307 Å². The van der Waals surface area contributed by atoms with E-state index in [2.05, 4.69) is 4.99 Å². The van der Waals surface area contributed by atoms with E-state index < -0.39 is 61.8 Å². The molecule has 3 aromatic carbocycles. The highest BCUT2D eigenvalue weighted by molar-refractivity contribution is 5.90. The van der Waals surface area contributed by atoms with Gasteiger partial charge in [0.2, 0.25) is 6.29 Å². The van der Waals surface area contributed by atoms with Crippen molar-refractivity contribution < 1.29 is 58.6 Å². The maximum absolute atomic E-state index is 13.4. The normalized spacial score (nSPS) is 23.4. The quantitative estimate of drug-likeness (QED) is 0.110. The minimum absolute atomic E-state index is 0.0375. The molecule has 0 bridgehead atoms. The van der Waals surface area contributed by atoms with Gasteiger partial charge in [-0.3, -0.25) is 24.2 Å². The zero-order chi connectivity index (χ0) is 38.3. The zero-order valence-electron chi connectivity index (χ0n) is 29.0. The zero-order valence-corrected chi connectivity index (χ0v) is 29.0. The van der Waals surface area contributed by atoms with E-state index in [0.717, 1.165) is 22.3 Å². The van der Waals surface area contributed by atoms with Gasteiger partial charge in [-0.15, -0.1) is 0 Å². The number of carboxylic acid groups (broad SMARTS) is 1. The van der Waals surface area contributed by atoms with Gasteiger partial charge in [-0.1, -0.05) is 29.3 Å². The van der Waals surface area contributed by atoms with E-state index in [4.69, 9.17) is 28.6 Å². The largest absolute Gasteiger partial charge is 0.508 e. The molecule has 0 saturated carbocycles. The lowest BCUT2D eigenvalue weighted by atomic mass is 9.84. The Kier molecular flexibility index (Phi) is 9.83. The molecule has 0 amide bonds. The number of carboxylic acids is 1. The predicted molar refractivity (Wildman–Crippen MR) is 191 cm³/mol. The van der Waals surface area contributed by atoms with Gasteiger partial charge in [0.1, 0.15) is 48.6 Å². The number of hydrogen-bond acceptors (Lipinski definition) is 14. The van der Waals surface area contributed by atoms with Gasteiger partial charge in [0.25, 0.3) is 0 Å². The van der Waals surface area contributed by atoms with Crippen molar-refractivity contribution in [2.45, 2.75) is 50.5 Å². The molecule has 0 radical (unpaired) electrons. The summed E-state index contributed by atoms with van der Waals surface area (Å²) < 4.78 is 23.2. The van der Waals surface area contributed by atoms with Gasteiger partial charge in [-0.25, -0.2) is 5.06 Å². The van der Waals surface area contributed by atoms with Gasteiger partial charge in [0, 0.05) is 23.4 Å². The third kappa shape index (κ3) is 6.98. The number of carbonyl (C=O) groups excluding carboxylic acids is 1. The summed E-state index contributed by atoms with van der Waals surface area (Å²) in [7, 11) is 0. The summed E-state index contributed by atoms with van der Waals surface area (Å²) in [4.78, 5) is 47.6. The Hall–Kier alpha value is -5.84. The van der Waals surface area contributed by atoms with E-state index in [1.807, 2.05) is 38.1 Å². The SMILES string of the molecule is Cc1cc(C)cc(C2=C3N=CC=C3CN2O[C@@H]2[C@@H](Oc3ccc4c(=O)c(-c5ccc(O)cc5)coc4c3)O[C@@H](COC(=O)CC(=O)O)[C@H](O)[C@]2(O)CO)c1. The molecular formula is C39H36N2O13. The smallest absolute Gasteiger partial charge is 0.317 e. The number of fused-ring (bicyclic) bond motifs is 2. The molecular weight excluding hydrogens is 704 g/mol. The lowest BCUT2D eigenvalue weighted by molar-refractivity contribution is -0.359. The van der Waals surface area contributed by atoms with Gasteiger partial charge in [-0.05, 0) is 61.9 Å². The van der Waals surface area contributed by atoms with Crippen molar-refractivity contribution >= 4 is 34.8 Å². The number of aromatic hydroxyl groups is 1. The average Bonchev–Trinajstić information content (AvgIpc) is 3.72. The van der Waals surface area contributed by atoms with Crippen LogP contribution in [0.4, 0.5) is 0 Å². The van der Waals surface area contributed by atoms with Crippen LogP contribution in [-0.2, 0) is 23.9 Å². The number of rotatable bonds is 11. The predicted octanol–water partition coefficient (Wildman–Crippen LogP) is 2.98. The van der Waals surface area contributed by atoms with Gasteiger partial charge in [0.15, 0.2) is 17.1 Å². The minimum Gasteiger partial charge on any atom is -0.508 e. The topological polar surface area (TPSA) is 218 Å². The maximum Gasteiger partial charge on any atom is 0.317 e. The fourth-order valence-electron chi connectivity index (χ4n) is 6.77. The van der Waals surface area contributed by atoms with Crippen molar-refractivity contribution in [1.82, 2.24) is 5.06 Å². The number of hydrogen-bond donors (Lipinski definition) is 5. The molecule has 3 aliphatic heterocycles. The second-order valence-corrected chi connectivity index (χ2v) is 13.3. The molecule has 1 aromatic heterocycles. The summed E-state index contributed by atoms with van der Waals surface area (Å²) >= 11 is 0. The third-order valence-corrected chi connectivity index (χ3v) is 9.35. The number of aliphatic carboxylic acids is 1. The minimum atomic E-state index is -2.51. The lowest BCUT2D eigenvalue weighted by Gasteiger charge is -2.49. The van der Waals surface area contributed by atoms with E-state index in [9.17, 15) is 34.8 Å². The van der Waals surface area contributed by atoms with Crippen LogP contribution in [0, 0.1) is 13.8 Å². The number of phenols is 1. The molecule has 4 heterocycles. The molecule has 15 heteroatoms. The van der Waals surface area contributed by atoms with E-state index in [1.54, 1.807) is 18.3 Å². The Balaban J connectivity index is 1.24. The summed E-state index contributed by atoms with van der Waals surface area (Å²) in [6, 6.07) is 16.3. The first kappa shape index (κ1) is 36.5. The van der Waals surface area contributed by atoms with Crippen LogP contribution < -0.4 is 10.2 Å². The highest BCUT2D eigenvalue weighted by Crippen LogP contribution is 2.42. The number of allylic oxidation sites excluding steroid dienone is 1. The maximum atomic E-state index is 13.4. The van der Waals surface area contributed by atoms with Crippen LogP contribution in [0.25, 0.3) is 27.8 Å². The highest BCUT2D eigenvalue weighted by atomic mass is 16.8. The molecule has 1 fully saturated rings. The summed E-state index contributed by atoms with van der Waals surface area (Å²) in [6.07, 6.45) is -2.96. The monoisotopic (exact) mass is 740 g/mol. The summed E-state index contributed by atoms with van der Waals surface area (Å²) in [6.45, 7) is 2.27. The summed E-state index contributed by atoms with van der Waals surface area (Å²) in [5.74, 6) is -2.46. The van der Waals surface area contributed by atoms with Crippen molar-refractivity contribution in [3.05, 3.63) is 111 Å². The lowest BCUT2D eigenvalue weighted by Crippen LogP contribution is -2.71. The molecule has 0 unspecified atom stereocenters. The number of esters is 1. The molecule has 4 aromatic rings. The van der Waals surface area contributed by atoms with Crippen LogP contribution in [0.1, 0.15) is 23.1 Å². The molecule has 0 aliphatic carbocycles. The molecule has 15 nitrogen and oxygen atoms in total. The number of carbonyl (C=O) groups is 2. The molecule has 280 valence electrons. The third-order valence-electron chi connectivity index (χ3n) is 9.35. The first-order valence-electron chi connectivity index (χ1n) is 16.9. The second kappa shape index (κ2) is 14.5. The summed E-state index contributed by atoms with van der Waals surface area (Å²) in [5, 5.41) is 54.5. The second-order valence-electron chi connectivity index (χ2n) is 13.3. The summed E-state index contributed by atoms with van der Waals surface area (Å²) in [5.41, 5.74) is 2.74. The van der Waals surface area contributed by atoms with Crippen molar-refractivity contribution in [3.8, 4) is 22.6 Å². The van der Waals surface area contributed by atoms with Crippen molar-refractivity contribution in [1.29, 1.82) is 0 Å². The molecule has 1 saturated heterocycles. The van der Waals surface area contributed by atoms with Crippen molar-refractivity contribution in [2.75, 3.05) is 19.8 Å². The number of nitrogens with zero attached hydrogens (tertiary/aromatic N) is 2. The number of benzene rings is 3. The number of aryl methyl sites for hydroxylation is 2. The van der Waals surface area contributed by atoms with Crippen LogP contribution in [0.15, 0.2) is 98.5 Å². The number of aliphatic hydroxyl groups is 3. The molecule has 0 spiro atoms. The molecule has 54 heavy (non-hydrogen) atoms. The Morgan fingerprint density at radius 2 is 1.78 bits per heavy atom.